The van der Waals surface area contributed by atoms with Crippen LogP contribution < -0.4 is 10.5 Å². The highest BCUT2D eigenvalue weighted by molar-refractivity contribution is 5.88. The molecule has 0 bridgehead atoms. The highest BCUT2D eigenvalue weighted by atomic mass is 19.3. The molecule has 88 valence electrons. The lowest BCUT2D eigenvalue weighted by Gasteiger charge is -2.11. The molecule has 0 aliphatic heterocycles. The topological polar surface area (TPSA) is 85.4 Å². The molecule has 0 saturated heterocycles. The second kappa shape index (κ2) is 4.84. The van der Waals surface area contributed by atoms with Crippen molar-refractivity contribution in [2.24, 2.45) is 5.73 Å². The highest BCUT2D eigenvalue weighted by Gasteiger charge is 2.21. The average molecular weight is 232 g/mol. The Morgan fingerprint density at radius 1 is 1.69 bits per heavy atom. The van der Waals surface area contributed by atoms with Gasteiger partial charge in [-0.3, -0.25) is 0 Å². The molecule has 0 aromatic carbocycles. The van der Waals surface area contributed by atoms with Gasteiger partial charge >= 0.3 is 5.97 Å². The predicted molar refractivity (Wildman–Crippen MR) is 50.6 cm³/mol. The summed E-state index contributed by atoms with van der Waals surface area (Å²) < 4.78 is 29.6. The van der Waals surface area contributed by atoms with Crippen molar-refractivity contribution in [2.75, 3.05) is 7.11 Å². The third-order valence-electron chi connectivity index (χ3n) is 1.95. The Kier molecular flexibility index (Phi) is 3.73. The van der Waals surface area contributed by atoms with Crippen molar-refractivity contribution in [3.05, 3.63) is 23.0 Å². The minimum absolute atomic E-state index is 0.00481. The van der Waals surface area contributed by atoms with E-state index >= 15 is 0 Å². The van der Waals surface area contributed by atoms with E-state index in [2.05, 4.69) is 4.98 Å². The first-order valence-corrected chi connectivity index (χ1v) is 4.30. The number of ether oxygens (including phenoxy) is 1. The van der Waals surface area contributed by atoms with E-state index in [1.807, 2.05) is 0 Å². The molecule has 1 rings (SSSR count). The first-order valence-electron chi connectivity index (χ1n) is 4.30. The van der Waals surface area contributed by atoms with Crippen molar-refractivity contribution < 1.29 is 23.4 Å². The third kappa shape index (κ3) is 2.25. The van der Waals surface area contributed by atoms with Crippen LogP contribution in [0.3, 0.4) is 0 Å². The summed E-state index contributed by atoms with van der Waals surface area (Å²) in [6, 6.07) is 0.985. The summed E-state index contributed by atoms with van der Waals surface area (Å²) in [6.45, 7) is -0.151. The Morgan fingerprint density at radius 3 is 2.69 bits per heavy atom. The van der Waals surface area contributed by atoms with Crippen LogP contribution in [0.2, 0.25) is 0 Å². The Bertz CT molecular complexity index is 410. The molecule has 0 atom stereocenters. The van der Waals surface area contributed by atoms with Crippen LogP contribution in [-0.4, -0.2) is 23.2 Å². The van der Waals surface area contributed by atoms with Crippen molar-refractivity contribution in [2.45, 2.75) is 13.0 Å². The number of carboxylic acids is 1. The van der Waals surface area contributed by atoms with Gasteiger partial charge in [0, 0.05) is 18.2 Å². The predicted octanol–water partition coefficient (Wildman–Crippen LogP) is 1.18. The van der Waals surface area contributed by atoms with Crippen LogP contribution in [0, 0.1) is 0 Å². The molecule has 5 nitrogen and oxygen atoms in total. The van der Waals surface area contributed by atoms with Crippen molar-refractivity contribution in [3.8, 4) is 5.75 Å². The molecule has 16 heavy (non-hydrogen) atoms. The largest absolute Gasteiger partial charge is 0.496 e. The number of aromatic nitrogens is 1. The fourth-order valence-corrected chi connectivity index (χ4v) is 1.24. The number of aromatic carboxylic acids is 1. The number of alkyl halides is 2. The van der Waals surface area contributed by atoms with Gasteiger partial charge < -0.3 is 15.6 Å². The second-order valence-electron chi connectivity index (χ2n) is 2.89. The molecule has 3 N–H and O–H groups in total. The van der Waals surface area contributed by atoms with Gasteiger partial charge in [-0.1, -0.05) is 0 Å². The molecular weight excluding hydrogens is 222 g/mol. The smallest absolute Gasteiger partial charge is 0.354 e. The summed E-state index contributed by atoms with van der Waals surface area (Å²) in [4.78, 5) is 14.1. The van der Waals surface area contributed by atoms with Gasteiger partial charge in [0.25, 0.3) is 6.43 Å². The summed E-state index contributed by atoms with van der Waals surface area (Å²) in [6.07, 6.45) is -2.86. The standard InChI is InChI=1S/C9H10F2N2O3/c1-16-6-2-5(8(10)11)13-7(9(14)15)4(6)3-12/h2,8H,3,12H2,1H3,(H,14,15). The Morgan fingerprint density at radius 2 is 2.31 bits per heavy atom. The third-order valence-corrected chi connectivity index (χ3v) is 1.95. The van der Waals surface area contributed by atoms with E-state index in [4.69, 9.17) is 15.6 Å². The van der Waals surface area contributed by atoms with Crippen molar-refractivity contribution in [1.82, 2.24) is 4.98 Å². The molecule has 0 aliphatic rings. The lowest BCUT2D eigenvalue weighted by Crippen LogP contribution is -2.13. The van der Waals surface area contributed by atoms with Gasteiger partial charge in [-0.05, 0) is 0 Å². The fourth-order valence-electron chi connectivity index (χ4n) is 1.24. The summed E-state index contributed by atoms with van der Waals surface area (Å²) in [5, 5.41) is 8.80. The van der Waals surface area contributed by atoms with E-state index in [0.29, 0.717) is 0 Å². The van der Waals surface area contributed by atoms with Crippen LogP contribution >= 0.6 is 0 Å². The molecule has 1 heterocycles. The number of nitrogens with two attached hydrogens (primary N) is 1. The number of carboxylic acid groups (broad SMARTS) is 1. The van der Waals surface area contributed by atoms with Gasteiger partial charge in [0.1, 0.15) is 11.4 Å². The fraction of sp³-hybridized carbons (Fsp3) is 0.333. The maximum Gasteiger partial charge on any atom is 0.354 e. The van der Waals surface area contributed by atoms with Crippen molar-refractivity contribution in [1.29, 1.82) is 0 Å². The van der Waals surface area contributed by atoms with Crippen molar-refractivity contribution >= 4 is 5.97 Å². The Labute approximate surface area is 89.9 Å². The number of nitrogens with zero attached hydrogens (tertiary/aromatic N) is 1. The molecule has 0 spiro atoms. The zero-order valence-electron chi connectivity index (χ0n) is 8.41. The SMILES string of the molecule is COc1cc(C(F)F)nc(C(=O)O)c1CN. The van der Waals surface area contributed by atoms with Gasteiger partial charge in [-0.25, -0.2) is 18.6 Å². The van der Waals surface area contributed by atoms with E-state index in [1.54, 1.807) is 0 Å². The first-order chi connectivity index (χ1) is 7.51. The highest BCUT2D eigenvalue weighted by Crippen LogP contribution is 2.27. The minimum Gasteiger partial charge on any atom is -0.496 e. The normalized spacial score (nSPS) is 10.6. The Hall–Kier alpha value is -1.76. The first kappa shape index (κ1) is 12.3. The van der Waals surface area contributed by atoms with Crippen LogP contribution in [0.25, 0.3) is 0 Å². The molecular formula is C9H10F2N2O3. The van der Waals surface area contributed by atoms with E-state index in [1.165, 1.54) is 7.11 Å². The number of rotatable bonds is 4. The molecule has 0 radical (unpaired) electrons. The van der Waals surface area contributed by atoms with Crippen LogP contribution in [0.4, 0.5) is 8.78 Å². The van der Waals surface area contributed by atoms with Crippen LogP contribution in [0.5, 0.6) is 5.75 Å². The number of methoxy groups -OCH3 is 1. The number of hydrogen-bond acceptors (Lipinski definition) is 4. The quantitative estimate of drug-likeness (QED) is 0.814. The molecule has 1 aromatic rings. The lowest BCUT2D eigenvalue weighted by molar-refractivity contribution is 0.0686. The molecule has 0 unspecified atom stereocenters. The Balaban J connectivity index is 3.43. The van der Waals surface area contributed by atoms with Gasteiger partial charge in [-0.2, -0.15) is 0 Å². The van der Waals surface area contributed by atoms with Crippen LogP contribution in [0.15, 0.2) is 6.07 Å². The van der Waals surface area contributed by atoms with Gasteiger partial charge in [0.2, 0.25) is 0 Å². The molecule has 0 aliphatic carbocycles. The van der Waals surface area contributed by atoms with Gasteiger partial charge in [0.15, 0.2) is 5.69 Å². The van der Waals surface area contributed by atoms with E-state index in [9.17, 15) is 13.6 Å². The zero-order chi connectivity index (χ0) is 12.3. The number of carbonyl (C=O) groups is 1. The molecule has 0 saturated carbocycles. The van der Waals surface area contributed by atoms with Crippen LogP contribution in [0.1, 0.15) is 28.2 Å². The summed E-state index contributed by atoms with van der Waals surface area (Å²) in [7, 11) is 1.25. The lowest BCUT2D eigenvalue weighted by atomic mass is 10.1. The van der Waals surface area contributed by atoms with Crippen LogP contribution in [-0.2, 0) is 6.54 Å². The minimum atomic E-state index is -2.86. The number of halogens is 2. The maximum absolute atomic E-state index is 12.4. The maximum atomic E-state index is 12.4. The molecule has 7 heteroatoms. The summed E-state index contributed by atoms with van der Waals surface area (Å²) in [5.41, 5.74) is 4.27. The average Bonchev–Trinajstić information content (AvgIpc) is 2.26. The van der Waals surface area contributed by atoms with E-state index in [-0.39, 0.29) is 17.9 Å². The molecule has 1 aromatic heterocycles. The van der Waals surface area contributed by atoms with Crippen molar-refractivity contribution in [3.63, 3.8) is 0 Å². The number of pyridine rings is 1. The second-order valence-corrected chi connectivity index (χ2v) is 2.89. The monoisotopic (exact) mass is 232 g/mol. The van der Waals surface area contributed by atoms with E-state index < -0.39 is 23.8 Å². The number of hydrogen-bond donors (Lipinski definition) is 2. The molecule has 0 fully saturated rings. The van der Waals surface area contributed by atoms with Gasteiger partial charge in [-0.15, -0.1) is 0 Å². The van der Waals surface area contributed by atoms with Gasteiger partial charge in [0.05, 0.1) is 7.11 Å². The summed E-state index contributed by atoms with van der Waals surface area (Å²) in [5.74, 6) is -1.41. The van der Waals surface area contributed by atoms with E-state index in [0.717, 1.165) is 6.07 Å². The molecule has 0 amide bonds. The summed E-state index contributed by atoms with van der Waals surface area (Å²) >= 11 is 0. The zero-order valence-corrected chi connectivity index (χ0v) is 8.41.